The second kappa shape index (κ2) is 7.19. The Morgan fingerprint density at radius 1 is 1.48 bits per heavy atom. The third-order valence-electron chi connectivity index (χ3n) is 4.63. The molecule has 0 bridgehead atoms. The number of aromatic nitrogens is 4. The predicted octanol–water partition coefficient (Wildman–Crippen LogP) is -1.36. The van der Waals surface area contributed by atoms with Crippen LogP contribution in [-0.4, -0.2) is 68.1 Å². The van der Waals surface area contributed by atoms with Crippen molar-refractivity contribution in [1.82, 2.24) is 19.1 Å². The molecule has 1 fully saturated rings. The molecule has 2 aromatic heterocycles. The van der Waals surface area contributed by atoms with Gasteiger partial charge in [0.2, 0.25) is 5.95 Å². The van der Waals surface area contributed by atoms with Gasteiger partial charge in [-0.25, -0.2) is 22.8 Å². The SMILES string of the molecule is CC[C@H](O)[C@@H]1C[C@@H](O)[C@H](n2c(=O)n(CCS(C)(=O)=O)c3cnc(N)nc32)O1. The van der Waals surface area contributed by atoms with Crippen LogP contribution in [0.5, 0.6) is 0 Å². The van der Waals surface area contributed by atoms with Crippen molar-refractivity contribution < 1.29 is 23.4 Å². The van der Waals surface area contributed by atoms with Gasteiger partial charge in [-0.1, -0.05) is 6.92 Å². The molecule has 150 valence electrons. The zero-order valence-electron chi connectivity index (χ0n) is 15.0. The van der Waals surface area contributed by atoms with Gasteiger partial charge in [0.05, 0.1) is 24.2 Å². The first-order valence-corrected chi connectivity index (χ1v) is 10.6. The molecule has 1 aliphatic heterocycles. The van der Waals surface area contributed by atoms with Crippen LogP contribution in [0.1, 0.15) is 26.0 Å². The van der Waals surface area contributed by atoms with Gasteiger partial charge >= 0.3 is 5.69 Å². The number of nitrogen functional groups attached to an aromatic ring is 1. The van der Waals surface area contributed by atoms with Crippen LogP contribution in [-0.2, 0) is 21.1 Å². The Bertz CT molecular complexity index is 1000. The van der Waals surface area contributed by atoms with Gasteiger partial charge < -0.3 is 20.7 Å². The summed E-state index contributed by atoms with van der Waals surface area (Å²) in [5.41, 5.74) is 5.47. The van der Waals surface area contributed by atoms with E-state index in [1.54, 1.807) is 6.92 Å². The molecule has 2 aromatic rings. The van der Waals surface area contributed by atoms with Crippen molar-refractivity contribution in [2.75, 3.05) is 17.7 Å². The fraction of sp³-hybridized carbons (Fsp3) is 0.667. The molecule has 4 atom stereocenters. The Balaban J connectivity index is 2.09. The summed E-state index contributed by atoms with van der Waals surface area (Å²) in [6.45, 7) is 1.68. The van der Waals surface area contributed by atoms with Crippen LogP contribution in [0.15, 0.2) is 11.0 Å². The molecule has 12 heteroatoms. The predicted molar refractivity (Wildman–Crippen MR) is 96.7 cm³/mol. The van der Waals surface area contributed by atoms with E-state index < -0.39 is 40.1 Å². The monoisotopic (exact) mass is 401 g/mol. The average Bonchev–Trinajstić information content (AvgIpc) is 3.08. The number of sulfone groups is 1. The van der Waals surface area contributed by atoms with Crippen LogP contribution >= 0.6 is 0 Å². The fourth-order valence-electron chi connectivity index (χ4n) is 3.20. The van der Waals surface area contributed by atoms with Crippen molar-refractivity contribution in [2.45, 2.75) is 50.8 Å². The minimum absolute atomic E-state index is 0.0749. The molecule has 1 saturated heterocycles. The second-order valence-corrected chi connectivity index (χ2v) is 8.97. The summed E-state index contributed by atoms with van der Waals surface area (Å²) >= 11 is 0. The van der Waals surface area contributed by atoms with Crippen LogP contribution in [0.3, 0.4) is 0 Å². The Kier molecular flexibility index (Phi) is 5.25. The van der Waals surface area contributed by atoms with E-state index in [2.05, 4.69) is 9.97 Å². The number of fused-ring (bicyclic) bond motifs is 1. The maximum absolute atomic E-state index is 13.0. The summed E-state index contributed by atoms with van der Waals surface area (Å²) in [4.78, 5) is 20.9. The number of aliphatic hydroxyl groups excluding tert-OH is 2. The fourth-order valence-corrected chi connectivity index (χ4v) is 3.71. The van der Waals surface area contributed by atoms with E-state index >= 15 is 0 Å². The van der Waals surface area contributed by atoms with Gasteiger partial charge in [0.1, 0.15) is 21.5 Å². The van der Waals surface area contributed by atoms with Gasteiger partial charge in [-0.15, -0.1) is 0 Å². The number of imidazole rings is 1. The maximum atomic E-state index is 13.0. The molecule has 0 unspecified atom stereocenters. The van der Waals surface area contributed by atoms with Gasteiger partial charge in [-0.2, -0.15) is 4.98 Å². The quantitative estimate of drug-likeness (QED) is 0.530. The number of hydrogen-bond acceptors (Lipinski definition) is 9. The largest absolute Gasteiger partial charge is 0.390 e. The number of anilines is 1. The Labute approximate surface area is 155 Å². The normalized spacial score (nSPS) is 24.5. The molecule has 0 radical (unpaired) electrons. The van der Waals surface area contributed by atoms with E-state index in [4.69, 9.17) is 10.5 Å². The number of rotatable bonds is 6. The van der Waals surface area contributed by atoms with Crippen molar-refractivity contribution in [1.29, 1.82) is 0 Å². The lowest BCUT2D eigenvalue weighted by molar-refractivity contribution is -0.0759. The zero-order chi connectivity index (χ0) is 19.9. The maximum Gasteiger partial charge on any atom is 0.332 e. The first kappa shape index (κ1) is 19.7. The summed E-state index contributed by atoms with van der Waals surface area (Å²) in [7, 11) is -3.31. The van der Waals surface area contributed by atoms with Crippen molar-refractivity contribution in [3.05, 3.63) is 16.7 Å². The first-order valence-electron chi connectivity index (χ1n) is 8.55. The van der Waals surface area contributed by atoms with Gasteiger partial charge in [0, 0.05) is 19.2 Å². The highest BCUT2D eigenvalue weighted by atomic mass is 32.2. The first-order chi connectivity index (χ1) is 12.6. The minimum atomic E-state index is -3.31. The van der Waals surface area contributed by atoms with Crippen molar-refractivity contribution >= 4 is 26.9 Å². The molecule has 0 aliphatic carbocycles. The zero-order valence-corrected chi connectivity index (χ0v) is 15.8. The standard InChI is InChI=1S/C15H23N5O6S/c1-3-9(21)11-6-10(22)13(26-11)20-12-8(7-17-14(16)18-12)19(15(20)23)4-5-27(2,24)25/h7,9-11,13,21-22H,3-6H2,1-2H3,(H2,16,17,18)/t9-,10+,11-,13+/m0/s1. The number of nitrogens with two attached hydrogens (primary N) is 1. The third kappa shape index (κ3) is 3.83. The summed E-state index contributed by atoms with van der Waals surface area (Å²) in [6, 6.07) is 0. The Morgan fingerprint density at radius 3 is 2.81 bits per heavy atom. The molecule has 0 aromatic carbocycles. The molecule has 11 nitrogen and oxygen atoms in total. The lowest BCUT2D eigenvalue weighted by atomic mass is 10.1. The molecule has 1 aliphatic rings. The van der Waals surface area contributed by atoms with Crippen molar-refractivity contribution in [2.24, 2.45) is 0 Å². The van der Waals surface area contributed by atoms with E-state index in [1.165, 1.54) is 10.8 Å². The molecule has 0 amide bonds. The smallest absolute Gasteiger partial charge is 0.332 e. The topological polar surface area (TPSA) is 163 Å². The van der Waals surface area contributed by atoms with Crippen molar-refractivity contribution in [3.63, 3.8) is 0 Å². The summed E-state index contributed by atoms with van der Waals surface area (Å²) in [6.07, 6.45) is -0.523. The van der Waals surface area contributed by atoms with Gasteiger partial charge in [-0.3, -0.25) is 4.57 Å². The van der Waals surface area contributed by atoms with E-state index in [0.29, 0.717) is 6.42 Å². The Morgan fingerprint density at radius 2 is 2.19 bits per heavy atom. The van der Waals surface area contributed by atoms with Gasteiger partial charge in [-0.05, 0) is 6.42 Å². The highest BCUT2D eigenvalue weighted by molar-refractivity contribution is 7.90. The lowest BCUT2D eigenvalue weighted by Gasteiger charge is -2.18. The molecule has 4 N–H and O–H groups in total. The third-order valence-corrected chi connectivity index (χ3v) is 5.55. The molecule has 27 heavy (non-hydrogen) atoms. The number of nitrogens with zero attached hydrogens (tertiary/aromatic N) is 4. The number of aliphatic hydroxyl groups is 2. The second-order valence-electron chi connectivity index (χ2n) is 6.71. The highest BCUT2D eigenvalue weighted by Crippen LogP contribution is 2.32. The molecular formula is C15H23N5O6S. The molecular weight excluding hydrogens is 378 g/mol. The van der Waals surface area contributed by atoms with Gasteiger partial charge in [0.15, 0.2) is 11.9 Å². The van der Waals surface area contributed by atoms with Crippen molar-refractivity contribution in [3.8, 4) is 0 Å². The lowest BCUT2D eigenvalue weighted by Crippen LogP contribution is -2.33. The summed E-state index contributed by atoms with van der Waals surface area (Å²) in [5.74, 6) is -0.323. The average molecular weight is 401 g/mol. The van der Waals surface area contributed by atoms with E-state index in [1.807, 2.05) is 0 Å². The van der Waals surface area contributed by atoms with Crippen LogP contribution in [0.2, 0.25) is 0 Å². The minimum Gasteiger partial charge on any atom is -0.390 e. The van der Waals surface area contributed by atoms with Crippen LogP contribution < -0.4 is 11.4 Å². The molecule has 0 spiro atoms. The summed E-state index contributed by atoms with van der Waals surface area (Å²) < 4.78 is 31.1. The molecule has 0 saturated carbocycles. The summed E-state index contributed by atoms with van der Waals surface area (Å²) in [5, 5.41) is 20.4. The molecule has 3 heterocycles. The van der Waals surface area contributed by atoms with Crippen LogP contribution in [0, 0.1) is 0 Å². The van der Waals surface area contributed by atoms with Gasteiger partial charge in [0.25, 0.3) is 0 Å². The highest BCUT2D eigenvalue weighted by Gasteiger charge is 2.40. The van der Waals surface area contributed by atoms with Crippen LogP contribution in [0.25, 0.3) is 11.2 Å². The number of ether oxygens (including phenoxy) is 1. The van der Waals surface area contributed by atoms with E-state index in [0.717, 1.165) is 10.8 Å². The van der Waals surface area contributed by atoms with Crippen LogP contribution in [0.4, 0.5) is 5.95 Å². The number of hydrogen-bond donors (Lipinski definition) is 3. The van der Waals surface area contributed by atoms with E-state index in [-0.39, 0.29) is 35.8 Å². The number of aryl methyl sites for hydroxylation is 1. The van der Waals surface area contributed by atoms with E-state index in [9.17, 15) is 23.4 Å². The molecule has 3 rings (SSSR count). The Hall–Kier alpha value is -2.02.